The summed E-state index contributed by atoms with van der Waals surface area (Å²) in [5.41, 5.74) is 25.2. The Morgan fingerprint density at radius 1 is 0.414 bits per heavy atom. The Morgan fingerprint density at radius 2 is 0.857 bits per heavy atom. The molecule has 15 rings (SSSR count). The predicted octanol–water partition coefficient (Wildman–Crippen LogP) is 18.2. The van der Waals surface area contributed by atoms with Crippen molar-refractivity contribution in [3.8, 4) is 33.4 Å². The number of thioether (sulfide) groups is 1. The molecule has 0 unspecified atom stereocenters. The van der Waals surface area contributed by atoms with E-state index in [1.165, 1.54) is 132 Å². The Hall–Kier alpha value is -7.50. The molecule has 0 bridgehead atoms. The van der Waals surface area contributed by atoms with Gasteiger partial charge in [0.05, 0.1) is 28.2 Å². The monoisotopic (exact) mass is 930 g/mol. The summed E-state index contributed by atoms with van der Waals surface area (Å²) in [6.45, 7) is 4.81. The van der Waals surface area contributed by atoms with Crippen LogP contribution >= 0.6 is 23.5 Å². The van der Waals surface area contributed by atoms with Crippen LogP contribution < -0.4 is 9.80 Å². The molecular formula is C66H46N2S2. The topological polar surface area (TPSA) is 6.48 Å². The first-order valence-corrected chi connectivity index (χ1v) is 26.2. The van der Waals surface area contributed by atoms with Crippen LogP contribution in [0.3, 0.4) is 0 Å². The number of benzene rings is 9. The number of nitrogens with zero attached hydrogens (tertiary/aromatic N) is 2. The first kappa shape index (κ1) is 40.4. The lowest BCUT2D eigenvalue weighted by Gasteiger charge is -2.36. The molecule has 9 aromatic rings. The van der Waals surface area contributed by atoms with E-state index in [0.717, 1.165) is 12.8 Å². The number of para-hydroxylation sites is 3. The van der Waals surface area contributed by atoms with E-state index >= 15 is 0 Å². The normalized spacial score (nSPS) is 16.5. The Bertz CT molecular complexity index is 3760. The van der Waals surface area contributed by atoms with Gasteiger partial charge in [-0.2, -0.15) is 0 Å². The second kappa shape index (κ2) is 15.0. The number of hydrogen-bond acceptors (Lipinski definition) is 4. The van der Waals surface area contributed by atoms with E-state index in [-0.39, 0.29) is 5.41 Å². The summed E-state index contributed by atoms with van der Waals surface area (Å²) in [6.07, 6.45) is 11.5. The Morgan fingerprint density at radius 3 is 1.49 bits per heavy atom. The van der Waals surface area contributed by atoms with Crippen LogP contribution in [-0.4, -0.2) is 0 Å². The van der Waals surface area contributed by atoms with E-state index in [4.69, 9.17) is 0 Å². The number of allylic oxidation sites excluding steroid dienone is 3. The van der Waals surface area contributed by atoms with Crippen molar-refractivity contribution in [3.05, 3.63) is 261 Å². The molecule has 0 amide bonds. The third-order valence-corrected chi connectivity index (χ3v) is 18.2. The van der Waals surface area contributed by atoms with Gasteiger partial charge in [-0.1, -0.05) is 183 Å². The summed E-state index contributed by atoms with van der Waals surface area (Å²) in [5, 5.41) is 0. The number of fused-ring (bicyclic) bond motifs is 16. The second-order valence-electron chi connectivity index (χ2n) is 19.9. The van der Waals surface area contributed by atoms with Gasteiger partial charge in [0.1, 0.15) is 0 Å². The van der Waals surface area contributed by atoms with E-state index in [1.54, 1.807) is 0 Å². The summed E-state index contributed by atoms with van der Waals surface area (Å²) >= 11 is 3.80. The highest BCUT2D eigenvalue weighted by molar-refractivity contribution is 8.03. The Balaban J connectivity index is 0.822. The highest BCUT2D eigenvalue weighted by Gasteiger charge is 2.52. The number of anilines is 5. The minimum atomic E-state index is -0.482. The van der Waals surface area contributed by atoms with Crippen LogP contribution in [-0.2, 0) is 10.8 Å². The van der Waals surface area contributed by atoms with Crippen molar-refractivity contribution >= 4 is 64.1 Å². The van der Waals surface area contributed by atoms with E-state index < -0.39 is 5.41 Å². The van der Waals surface area contributed by atoms with Crippen molar-refractivity contribution < 1.29 is 0 Å². The number of hydrogen-bond donors (Lipinski definition) is 0. The smallest absolute Gasteiger partial charge is 0.0726 e. The third-order valence-electron chi connectivity index (χ3n) is 15.9. The zero-order chi connectivity index (χ0) is 46.3. The molecule has 70 heavy (non-hydrogen) atoms. The largest absolute Gasteiger partial charge is 0.309 e. The molecular weight excluding hydrogens is 885 g/mol. The molecule has 332 valence electrons. The quantitative estimate of drug-likeness (QED) is 0.162. The predicted molar refractivity (Wildman–Crippen MR) is 294 cm³/mol. The molecule has 0 N–H and O–H groups in total. The summed E-state index contributed by atoms with van der Waals surface area (Å²) in [4.78, 5) is 10.3. The molecule has 2 heterocycles. The summed E-state index contributed by atoms with van der Waals surface area (Å²) < 4.78 is 0. The maximum Gasteiger partial charge on any atom is 0.0726 e. The molecule has 0 saturated heterocycles. The van der Waals surface area contributed by atoms with Gasteiger partial charge in [-0.3, -0.25) is 0 Å². The molecule has 4 aliphatic carbocycles. The van der Waals surface area contributed by atoms with Crippen molar-refractivity contribution in [2.45, 2.75) is 52.2 Å². The van der Waals surface area contributed by atoms with Crippen LogP contribution in [0.25, 0.3) is 45.5 Å². The van der Waals surface area contributed by atoms with Gasteiger partial charge in [0.2, 0.25) is 0 Å². The van der Waals surface area contributed by atoms with Crippen molar-refractivity contribution in [1.82, 2.24) is 0 Å². The van der Waals surface area contributed by atoms with Crippen LogP contribution in [0, 0.1) is 0 Å². The number of rotatable bonds is 4. The van der Waals surface area contributed by atoms with Crippen molar-refractivity contribution in [1.29, 1.82) is 0 Å². The lowest BCUT2D eigenvalue weighted by atomic mass is 9.70. The fraction of sp³-hybridized carbons (Fsp3) is 0.0909. The maximum absolute atomic E-state index is 2.51. The van der Waals surface area contributed by atoms with Crippen LogP contribution in [0.5, 0.6) is 0 Å². The fourth-order valence-corrected chi connectivity index (χ4v) is 15.0. The Kier molecular flexibility index (Phi) is 8.66. The van der Waals surface area contributed by atoms with Crippen molar-refractivity contribution in [2.75, 3.05) is 9.80 Å². The lowest BCUT2D eigenvalue weighted by Crippen LogP contribution is -2.26. The molecule has 9 aromatic carbocycles. The second-order valence-corrected chi connectivity index (χ2v) is 22.1. The highest BCUT2D eigenvalue weighted by atomic mass is 32.2. The Labute approximate surface area is 418 Å². The van der Waals surface area contributed by atoms with Crippen LogP contribution in [0.2, 0.25) is 0 Å². The molecule has 0 fully saturated rings. The van der Waals surface area contributed by atoms with Crippen LogP contribution in [0.4, 0.5) is 28.4 Å². The highest BCUT2D eigenvalue weighted by Crippen LogP contribution is 2.64. The summed E-state index contributed by atoms with van der Waals surface area (Å²) in [7, 11) is 0. The van der Waals surface area contributed by atoms with E-state index in [2.05, 4.69) is 242 Å². The van der Waals surface area contributed by atoms with Gasteiger partial charge in [-0.05, 0) is 164 Å². The van der Waals surface area contributed by atoms with E-state index in [1.807, 2.05) is 23.5 Å². The zero-order valence-corrected chi connectivity index (χ0v) is 40.5. The zero-order valence-electron chi connectivity index (χ0n) is 38.9. The molecule has 0 atom stereocenters. The van der Waals surface area contributed by atoms with Crippen LogP contribution in [0.1, 0.15) is 71.2 Å². The molecule has 6 aliphatic rings. The van der Waals surface area contributed by atoms with Crippen molar-refractivity contribution in [3.63, 3.8) is 0 Å². The van der Waals surface area contributed by atoms with Gasteiger partial charge in [0.15, 0.2) is 0 Å². The standard InChI is InChI=1S/C66H46N2S2/c1-65(2)53-37-41(29-33-47(53)48-35-31-43(39-54(48)65)67-57-19-7-11-23-61(57)69-62-24-12-8-20-58(62)67)27-28-42-30-34-49-50-36-32-44(68-59-21-9-13-25-63(59)70-64-26-14-10-22-60(64)68)40-56(50)66(55(49)38-42)51-17-5-3-15-45(51)46-16-4-6-18-52(46)66/h3-11,13-23,25-40H,12,24H2,1-2H3/b28-27+. The van der Waals surface area contributed by atoms with Gasteiger partial charge in [-0.15, -0.1) is 0 Å². The van der Waals surface area contributed by atoms with Gasteiger partial charge in [-0.25, -0.2) is 0 Å². The third kappa shape index (κ3) is 5.60. The van der Waals surface area contributed by atoms with E-state index in [9.17, 15) is 0 Å². The van der Waals surface area contributed by atoms with Crippen molar-refractivity contribution in [2.24, 2.45) is 0 Å². The van der Waals surface area contributed by atoms with Gasteiger partial charge in [0.25, 0.3) is 0 Å². The molecule has 0 saturated carbocycles. The van der Waals surface area contributed by atoms with Gasteiger partial charge >= 0.3 is 0 Å². The molecule has 2 nitrogen and oxygen atoms in total. The summed E-state index contributed by atoms with van der Waals surface area (Å²) in [5.74, 6) is 0. The van der Waals surface area contributed by atoms with Gasteiger partial charge < -0.3 is 9.80 Å². The SMILES string of the molecule is CC1(C)c2cc(/C=C/c3ccc4c(c3)C3(c5ccccc5-c5ccccc53)c3cc(N5c6ccccc6Sc6ccccc65)ccc3-4)ccc2-c2ccc(N3C4=C(CCC=C4)Sc4ccccc43)cc21. The molecule has 4 heteroatoms. The minimum absolute atomic E-state index is 0.167. The first-order valence-electron chi connectivity index (χ1n) is 24.5. The molecule has 2 aliphatic heterocycles. The van der Waals surface area contributed by atoms with Crippen LogP contribution in [0.15, 0.2) is 232 Å². The first-order chi connectivity index (χ1) is 34.4. The maximum atomic E-state index is 2.51. The summed E-state index contributed by atoms with van der Waals surface area (Å²) in [6, 6.07) is 73.5. The van der Waals surface area contributed by atoms with Gasteiger partial charge in [0, 0.05) is 36.4 Å². The van der Waals surface area contributed by atoms with E-state index in [0.29, 0.717) is 0 Å². The molecule has 0 radical (unpaired) electrons. The lowest BCUT2D eigenvalue weighted by molar-refractivity contribution is 0.660. The average Bonchev–Trinajstić information content (AvgIpc) is 3.96. The fourth-order valence-electron chi connectivity index (χ4n) is 12.8. The molecule has 0 aromatic heterocycles. The average molecular weight is 931 g/mol. The molecule has 1 spiro atoms. The minimum Gasteiger partial charge on any atom is -0.309 e.